The van der Waals surface area contributed by atoms with Crippen LogP contribution in [-0.4, -0.2) is 85.3 Å². The molecule has 452 valence electrons. The van der Waals surface area contributed by atoms with Gasteiger partial charge in [0.2, 0.25) is 5.95 Å². The molecule has 0 aliphatic heterocycles. The molecule has 0 saturated heterocycles. The SMILES string of the molecule is CCCCOS(=O)(=O)c1ccc(N=N/C(C(=N)C(C)(C)C)=C(\N)Nc2nc(-n3nc(C(C)(C)C)c(N=Nc4ccc(S(=O)(=O)OCCCC)cc4)c3N)nc(-n3nc(C(C)(C)C)c(N=Nc4ccc(S(=O)(=O)OCCCC)cc4)c3N)n2)cc1. The first-order valence-corrected chi connectivity index (χ1v) is 31.2. The Kier molecular flexibility index (Phi) is 20.9. The summed E-state index contributed by atoms with van der Waals surface area (Å²) in [6, 6.07) is 16.8. The monoisotopic (exact) mass is 1210 g/mol. The van der Waals surface area contributed by atoms with E-state index in [4.69, 9.17) is 54.9 Å². The maximum Gasteiger partial charge on any atom is 0.296 e. The molecule has 3 aromatic heterocycles. The summed E-state index contributed by atoms with van der Waals surface area (Å²) >= 11 is 0. The van der Waals surface area contributed by atoms with E-state index in [-0.39, 0.29) is 110 Å². The zero-order chi connectivity index (χ0) is 62.0. The van der Waals surface area contributed by atoms with Gasteiger partial charge in [0.25, 0.3) is 42.3 Å². The number of nitrogen functional groups attached to an aromatic ring is 2. The quantitative estimate of drug-likeness (QED) is 0.0146. The lowest BCUT2D eigenvalue weighted by Crippen LogP contribution is -2.26. The average molecular weight is 1220 g/mol. The van der Waals surface area contributed by atoms with Crippen LogP contribution in [0.4, 0.5) is 46.0 Å². The lowest BCUT2D eigenvalue weighted by atomic mass is 9.88. The maximum atomic E-state index is 12.8. The van der Waals surface area contributed by atoms with Crippen LogP contribution in [0.3, 0.4) is 0 Å². The van der Waals surface area contributed by atoms with Crippen molar-refractivity contribution in [2.24, 2.45) is 41.8 Å². The van der Waals surface area contributed by atoms with Crippen LogP contribution < -0.4 is 22.5 Å². The minimum absolute atomic E-state index is 0.0369. The second kappa shape index (κ2) is 26.9. The number of nitrogens with one attached hydrogen (secondary N) is 2. The van der Waals surface area contributed by atoms with Crippen LogP contribution in [0, 0.1) is 10.8 Å². The number of unbranched alkanes of at least 4 members (excludes halogenated alkanes) is 3. The van der Waals surface area contributed by atoms with Crippen molar-refractivity contribution >= 4 is 82.1 Å². The first-order valence-electron chi connectivity index (χ1n) is 27.0. The van der Waals surface area contributed by atoms with Crippen LogP contribution in [-0.2, 0) is 53.7 Å². The minimum atomic E-state index is -4.03. The van der Waals surface area contributed by atoms with Gasteiger partial charge in [-0.2, -0.15) is 75.1 Å². The van der Waals surface area contributed by atoms with E-state index >= 15 is 0 Å². The molecule has 0 fully saturated rings. The highest BCUT2D eigenvalue weighted by molar-refractivity contribution is 7.87. The molecule has 0 amide bonds. The summed E-state index contributed by atoms with van der Waals surface area (Å²) in [5.41, 5.74) is 19.9. The van der Waals surface area contributed by atoms with Crippen LogP contribution in [0.15, 0.2) is 130 Å². The van der Waals surface area contributed by atoms with Gasteiger partial charge in [-0.1, -0.05) is 102 Å². The van der Waals surface area contributed by atoms with Crippen LogP contribution >= 0.6 is 0 Å². The van der Waals surface area contributed by atoms with Gasteiger partial charge >= 0.3 is 0 Å². The molecule has 27 nitrogen and oxygen atoms in total. The van der Waals surface area contributed by atoms with Crippen molar-refractivity contribution in [3.05, 3.63) is 95.7 Å². The Morgan fingerprint density at radius 1 is 0.536 bits per heavy atom. The Morgan fingerprint density at radius 2 is 0.869 bits per heavy atom. The first kappa shape index (κ1) is 65.4. The van der Waals surface area contributed by atoms with E-state index < -0.39 is 46.6 Å². The van der Waals surface area contributed by atoms with Crippen molar-refractivity contribution in [3.63, 3.8) is 0 Å². The molecule has 30 heteroatoms. The number of hydrogen-bond donors (Lipinski definition) is 5. The fourth-order valence-electron chi connectivity index (χ4n) is 7.24. The number of aromatic nitrogens is 7. The van der Waals surface area contributed by atoms with E-state index in [1.165, 1.54) is 82.2 Å². The van der Waals surface area contributed by atoms with Gasteiger partial charge in [-0.25, -0.2) is 0 Å². The number of azo groups is 3. The highest BCUT2D eigenvalue weighted by Crippen LogP contribution is 2.40. The molecule has 0 unspecified atom stereocenters. The van der Waals surface area contributed by atoms with Gasteiger partial charge in [0.1, 0.15) is 11.5 Å². The fraction of sp³-hybridized carbons (Fsp3) is 0.444. The molecular formula is C54H74N18O9S3. The van der Waals surface area contributed by atoms with Crippen LogP contribution in [0.25, 0.3) is 11.9 Å². The molecule has 0 aliphatic carbocycles. The van der Waals surface area contributed by atoms with Crippen molar-refractivity contribution in [1.82, 2.24) is 34.5 Å². The van der Waals surface area contributed by atoms with E-state index in [2.05, 4.69) is 36.0 Å². The zero-order valence-electron chi connectivity index (χ0n) is 49.2. The Hall–Kier alpha value is -7.77. The Labute approximate surface area is 490 Å². The second-order valence-electron chi connectivity index (χ2n) is 22.2. The lowest BCUT2D eigenvalue weighted by Gasteiger charge is -2.21. The molecule has 6 aromatic rings. The number of anilines is 3. The highest BCUT2D eigenvalue weighted by atomic mass is 32.2. The average Bonchev–Trinajstić information content (AvgIpc) is 2.84. The molecule has 0 atom stereocenters. The zero-order valence-corrected chi connectivity index (χ0v) is 51.7. The molecule has 0 aliphatic rings. The molecule has 6 rings (SSSR count). The third-order valence-corrected chi connectivity index (χ3v) is 16.1. The molecule has 0 radical (unpaired) electrons. The molecule has 84 heavy (non-hydrogen) atoms. The van der Waals surface area contributed by atoms with Crippen molar-refractivity contribution in [2.45, 2.75) is 147 Å². The maximum absolute atomic E-state index is 12.8. The smallest absolute Gasteiger partial charge is 0.296 e. The fourth-order valence-corrected chi connectivity index (χ4v) is 10.1. The van der Waals surface area contributed by atoms with E-state index in [0.29, 0.717) is 30.7 Å². The highest BCUT2D eigenvalue weighted by Gasteiger charge is 2.32. The summed E-state index contributed by atoms with van der Waals surface area (Å²) in [6.45, 7) is 22.5. The van der Waals surface area contributed by atoms with Crippen molar-refractivity contribution in [1.29, 1.82) is 5.41 Å². The number of nitrogens with two attached hydrogens (primary N) is 3. The van der Waals surface area contributed by atoms with Gasteiger partial charge in [-0.15, -0.1) is 15.3 Å². The lowest BCUT2D eigenvalue weighted by molar-refractivity contribution is 0.310. The van der Waals surface area contributed by atoms with E-state index in [9.17, 15) is 30.7 Å². The molecule has 0 saturated carbocycles. The molecule has 0 bridgehead atoms. The van der Waals surface area contributed by atoms with Crippen molar-refractivity contribution in [3.8, 4) is 11.9 Å². The van der Waals surface area contributed by atoms with Crippen LogP contribution in [0.1, 0.15) is 133 Å². The molecule has 8 N–H and O–H groups in total. The molecule has 3 aromatic carbocycles. The Balaban J connectivity index is 1.51. The van der Waals surface area contributed by atoms with Crippen LogP contribution in [0.5, 0.6) is 0 Å². The van der Waals surface area contributed by atoms with E-state index in [0.717, 1.165) is 19.3 Å². The van der Waals surface area contributed by atoms with Crippen molar-refractivity contribution in [2.75, 3.05) is 36.6 Å². The van der Waals surface area contributed by atoms with Gasteiger partial charge < -0.3 is 27.9 Å². The normalized spacial score (nSPS) is 13.4. The summed E-state index contributed by atoms with van der Waals surface area (Å²) < 4.78 is 94.6. The number of nitrogens with zero attached hydrogens (tertiary/aromatic N) is 13. The molecule has 3 heterocycles. The standard InChI is InChI=1S/C54H74N18O9S3/c1-13-16-31-79-82(73,74)37-25-19-34(20-26-37)63-66-40(43(55)52(4,5)6)46(56)59-49-60-50(71-47(57)41(44(69-71)53(7,8)9)67-64-35-21-27-38(28-22-35)83(75,76)80-32-17-14-2)62-51(61-49)72-48(58)42(45(70-72)54(10,11)12)68-65-36-23-29-39(30-24-36)84(77,78)81-33-18-15-3/h19-30,55H,13-18,31-33,56-58H2,1-12H3,(H,59,60,61,62)/b46-40+,55-43?,66-63?,67-64?,68-65?. The van der Waals surface area contributed by atoms with E-state index in [1.807, 2.05) is 62.3 Å². The van der Waals surface area contributed by atoms with Gasteiger partial charge in [-0.3, -0.25) is 12.5 Å². The van der Waals surface area contributed by atoms with Crippen molar-refractivity contribution < 1.29 is 37.8 Å². The third kappa shape index (κ3) is 16.5. The summed E-state index contributed by atoms with van der Waals surface area (Å²) in [7, 11) is -12.1. The topological polar surface area (TPSA) is 393 Å². The van der Waals surface area contributed by atoms with E-state index in [1.54, 1.807) is 20.8 Å². The number of rotatable bonds is 26. The summed E-state index contributed by atoms with van der Waals surface area (Å²) in [6.07, 6.45) is 3.98. The molecule has 0 spiro atoms. The summed E-state index contributed by atoms with van der Waals surface area (Å²) in [5, 5.41) is 48.4. The number of allylic oxidation sites excluding steroid dienone is 1. The third-order valence-electron chi connectivity index (χ3n) is 12.1. The van der Waals surface area contributed by atoms with Gasteiger partial charge in [0.05, 0.1) is 68.7 Å². The van der Waals surface area contributed by atoms with Gasteiger partial charge in [-0.05, 0) is 92.1 Å². The summed E-state index contributed by atoms with van der Waals surface area (Å²) in [5.74, 6) is -1.11. The minimum Gasteiger partial charge on any atom is -0.383 e. The summed E-state index contributed by atoms with van der Waals surface area (Å²) in [4.78, 5) is 14.0. The predicted molar refractivity (Wildman–Crippen MR) is 319 cm³/mol. The van der Waals surface area contributed by atoms with Crippen LogP contribution in [0.2, 0.25) is 0 Å². The van der Waals surface area contributed by atoms with Gasteiger partial charge in [0.15, 0.2) is 23.0 Å². The first-order chi connectivity index (χ1) is 39.3. The predicted octanol–water partition coefficient (Wildman–Crippen LogP) is 11.7. The Bertz CT molecular complexity index is 3610. The Morgan fingerprint density at radius 3 is 1.18 bits per heavy atom. The number of benzene rings is 3. The molecular weight excluding hydrogens is 1140 g/mol. The van der Waals surface area contributed by atoms with Gasteiger partial charge in [0, 0.05) is 16.2 Å². The second-order valence-corrected chi connectivity index (χ2v) is 27.1. The largest absolute Gasteiger partial charge is 0.383 e. The number of hydrogen-bond acceptors (Lipinski definition) is 25.